The highest BCUT2D eigenvalue weighted by Gasteiger charge is 2.12. The number of nitrogens with zero attached hydrogens (tertiary/aromatic N) is 1. The molecule has 1 rings (SSSR count). The average molecular weight is 113 g/mol. The third-order valence-corrected chi connectivity index (χ3v) is 1.18. The monoisotopic (exact) mass is 113 g/mol. The Hall–Kier alpha value is -0.660. The zero-order chi connectivity index (χ0) is 5.98. The van der Waals surface area contributed by atoms with Crippen LogP contribution in [0.15, 0.2) is 12.0 Å². The Morgan fingerprint density at radius 1 is 1.75 bits per heavy atom. The van der Waals surface area contributed by atoms with Crippen molar-refractivity contribution in [1.82, 2.24) is 4.90 Å². The lowest BCUT2D eigenvalue weighted by Gasteiger charge is -1.92. The summed E-state index contributed by atoms with van der Waals surface area (Å²) in [5.41, 5.74) is 0. The highest BCUT2D eigenvalue weighted by atomic mass is 16.3. The maximum absolute atomic E-state index is 8.89. The van der Waals surface area contributed by atoms with Gasteiger partial charge in [-0.2, -0.15) is 0 Å². The SMILES string of the molecule is CCC(O)=CN1CC1. The molecule has 0 aliphatic carbocycles. The molecule has 0 amide bonds. The molecule has 1 N–H and O–H groups in total. The predicted molar refractivity (Wildman–Crippen MR) is 32.6 cm³/mol. The molecule has 0 aromatic rings. The van der Waals surface area contributed by atoms with Gasteiger partial charge in [0.15, 0.2) is 0 Å². The van der Waals surface area contributed by atoms with Gasteiger partial charge in [-0.1, -0.05) is 6.92 Å². The van der Waals surface area contributed by atoms with Gasteiger partial charge in [0.1, 0.15) is 5.76 Å². The van der Waals surface area contributed by atoms with Gasteiger partial charge in [-0.3, -0.25) is 0 Å². The minimum atomic E-state index is 0.488. The van der Waals surface area contributed by atoms with Crippen LogP contribution in [0.3, 0.4) is 0 Å². The lowest BCUT2D eigenvalue weighted by atomic mass is 10.4. The molecule has 0 bridgehead atoms. The molecule has 8 heavy (non-hydrogen) atoms. The van der Waals surface area contributed by atoms with E-state index in [1.54, 1.807) is 6.20 Å². The van der Waals surface area contributed by atoms with E-state index in [0.29, 0.717) is 5.76 Å². The molecule has 0 radical (unpaired) electrons. The van der Waals surface area contributed by atoms with E-state index in [1.165, 1.54) is 0 Å². The van der Waals surface area contributed by atoms with Crippen LogP contribution in [-0.4, -0.2) is 23.1 Å². The van der Waals surface area contributed by atoms with Crippen LogP contribution in [0.2, 0.25) is 0 Å². The maximum Gasteiger partial charge on any atom is 0.108 e. The summed E-state index contributed by atoms with van der Waals surface area (Å²) in [6.07, 6.45) is 2.55. The third-order valence-electron chi connectivity index (χ3n) is 1.18. The van der Waals surface area contributed by atoms with Crippen LogP contribution in [0.4, 0.5) is 0 Å². The van der Waals surface area contributed by atoms with Gasteiger partial charge in [-0.25, -0.2) is 0 Å². The number of aliphatic hydroxyl groups is 1. The van der Waals surface area contributed by atoms with Gasteiger partial charge in [0.05, 0.1) is 0 Å². The molecule has 0 aromatic heterocycles. The highest BCUT2D eigenvalue weighted by molar-refractivity contribution is 4.94. The Kier molecular flexibility index (Phi) is 1.42. The Morgan fingerprint density at radius 3 is 2.75 bits per heavy atom. The molecule has 1 heterocycles. The van der Waals surface area contributed by atoms with E-state index in [2.05, 4.69) is 4.90 Å². The van der Waals surface area contributed by atoms with Crippen LogP contribution in [-0.2, 0) is 0 Å². The topological polar surface area (TPSA) is 23.2 Å². The zero-order valence-electron chi connectivity index (χ0n) is 5.09. The van der Waals surface area contributed by atoms with Crippen LogP contribution in [0, 0.1) is 0 Å². The standard InChI is InChI=1S/C6H11NO/c1-2-6(8)5-7-3-4-7/h5,8H,2-4H2,1H3. The van der Waals surface area contributed by atoms with Crippen LogP contribution in [0.1, 0.15) is 13.3 Å². The molecule has 0 saturated carbocycles. The fourth-order valence-corrected chi connectivity index (χ4v) is 0.489. The van der Waals surface area contributed by atoms with Crippen LogP contribution in [0.25, 0.3) is 0 Å². The van der Waals surface area contributed by atoms with Gasteiger partial charge in [-0.05, 0) is 0 Å². The van der Waals surface area contributed by atoms with Crippen molar-refractivity contribution < 1.29 is 5.11 Å². The number of rotatable bonds is 2. The second kappa shape index (κ2) is 2.07. The largest absolute Gasteiger partial charge is 0.511 e. The van der Waals surface area contributed by atoms with Crippen molar-refractivity contribution in [2.75, 3.05) is 13.1 Å². The molecule has 1 aliphatic heterocycles. The first-order valence-corrected chi connectivity index (χ1v) is 2.96. The molecular formula is C6H11NO. The van der Waals surface area contributed by atoms with E-state index in [-0.39, 0.29) is 0 Å². The molecule has 46 valence electrons. The molecular weight excluding hydrogens is 102 g/mol. The average Bonchev–Trinajstić information content (AvgIpc) is 2.50. The minimum Gasteiger partial charge on any atom is -0.511 e. The Morgan fingerprint density at radius 2 is 2.38 bits per heavy atom. The lowest BCUT2D eigenvalue weighted by molar-refractivity contribution is 0.384. The number of hydrogen-bond donors (Lipinski definition) is 1. The maximum atomic E-state index is 8.89. The van der Waals surface area contributed by atoms with Crippen molar-refractivity contribution in [3.05, 3.63) is 12.0 Å². The summed E-state index contributed by atoms with van der Waals surface area (Å²) in [5.74, 6) is 0.488. The van der Waals surface area contributed by atoms with Crippen molar-refractivity contribution in [3.63, 3.8) is 0 Å². The van der Waals surface area contributed by atoms with E-state index in [1.807, 2.05) is 6.92 Å². The van der Waals surface area contributed by atoms with Crippen LogP contribution in [0.5, 0.6) is 0 Å². The molecule has 0 atom stereocenters. The van der Waals surface area contributed by atoms with Crippen molar-refractivity contribution in [2.45, 2.75) is 13.3 Å². The van der Waals surface area contributed by atoms with Crippen molar-refractivity contribution >= 4 is 0 Å². The second-order valence-electron chi connectivity index (χ2n) is 2.01. The molecule has 2 heteroatoms. The van der Waals surface area contributed by atoms with E-state index in [9.17, 15) is 0 Å². The van der Waals surface area contributed by atoms with Crippen molar-refractivity contribution in [1.29, 1.82) is 0 Å². The summed E-state index contributed by atoms with van der Waals surface area (Å²) in [6, 6.07) is 0. The van der Waals surface area contributed by atoms with Gasteiger partial charge in [0.2, 0.25) is 0 Å². The van der Waals surface area contributed by atoms with E-state index >= 15 is 0 Å². The molecule has 1 aliphatic rings. The fraction of sp³-hybridized carbons (Fsp3) is 0.667. The van der Waals surface area contributed by atoms with E-state index in [0.717, 1.165) is 19.5 Å². The quantitative estimate of drug-likeness (QED) is 0.428. The van der Waals surface area contributed by atoms with Gasteiger partial charge < -0.3 is 10.0 Å². The van der Waals surface area contributed by atoms with Gasteiger partial charge in [0.25, 0.3) is 0 Å². The molecule has 0 aromatic carbocycles. The Balaban J connectivity index is 2.27. The molecule has 0 spiro atoms. The smallest absolute Gasteiger partial charge is 0.108 e. The van der Waals surface area contributed by atoms with Gasteiger partial charge >= 0.3 is 0 Å². The van der Waals surface area contributed by atoms with Crippen molar-refractivity contribution in [2.24, 2.45) is 0 Å². The molecule has 1 fully saturated rings. The zero-order valence-corrected chi connectivity index (χ0v) is 5.09. The van der Waals surface area contributed by atoms with Crippen LogP contribution < -0.4 is 0 Å². The molecule has 1 saturated heterocycles. The molecule has 0 unspecified atom stereocenters. The van der Waals surface area contributed by atoms with Crippen LogP contribution >= 0.6 is 0 Å². The lowest BCUT2D eigenvalue weighted by Crippen LogP contribution is -1.85. The molecule has 2 nitrogen and oxygen atoms in total. The second-order valence-corrected chi connectivity index (χ2v) is 2.01. The number of aliphatic hydroxyl groups excluding tert-OH is 1. The van der Waals surface area contributed by atoms with Crippen molar-refractivity contribution in [3.8, 4) is 0 Å². The predicted octanol–water partition coefficient (Wildman–Crippen LogP) is 1.11. The summed E-state index contributed by atoms with van der Waals surface area (Å²) < 4.78 is 0. The summed E-state index contributed by atoms with van der Waals surface area (Å²) in [4.78, 5) is 2.07. The summed E-state index contributed by atoms with van der Waals surface area (Å²) >= 11 is 0. The first-order valence-electron chi connectivity index (χ1n) is 2.96. The van der Waals surface area contributed by atoms with E-state index < -0.39 is 0 Å². The first-order chi connectivity index (χ1) is 3.83. The summed E-state index contributed by atoms with van der Waals surface area (Å²) in [7, 11) is 0. The summed E-state index contributed by atoms with van der Waals surface area (Å²) in [5, 5.41) is 8.89. The fourth-order valence-electron chi connectivity index (χ4n) is 0.489. The summed E-state index contributed by atoms with van der Waals surface area (Å²) in [6.45, 7) is 4.17. The Bertz CT molecular complexity index is 105. The normalized spacial score (nSPS) is 19.1. The first kappa shape index (κ1) is 5.48. The van der Waals surface area contributed by atoms with E-state index in [4.69, 9.17) is 5.11 Å². The third kappa shape index (κ3) is 1.45. The minimum absolute atomic E-state index is 0.488. The Labute approximate surface area is 49.4 Å². The van der Waals surface area contributed by atoms with Gasteiger partial charge in [0, 0.05) is 25.7 Å². The highest BCUT2D eigenvalue weighted by Crippen LogP contribution is 2.07. The van der Waals surface area contributed by atoms with Gasteiger partial charge in [-0.15, -0.1) is 0 Å². The number of hydrogen-bond acceptors (Lipinski definition) is 2. The number of allylic oxidation sites excluding steroid dienone is 1.